The van der Waals surface area contributed by atoms with Crippen molar-refractivity contribution in [3.8, 4) is 0 Å². The number of nitrogens with zero attached hydrogens (tertiary/aromatic N) is 2. The highest BCUT2D eigenvalue weighted by atomic mass is 35.5. The van der Waals surface area contributed by atoms with Gasteiger partial charge in [-0.2, -0.15) is 5.10 Å². The predicted molar refractivity (Wildman–Crippen MR) is 80.2 cm³/mol. The highest BCUT2D eigenvalue weighted by molar-refractivity contribution is 5.90. The normalized spacial score (nSPS) is 18.6. The molecule has 0 aliphatic carbocycles. The topological polar surface area (TPSA) is 68.2 Å². The third kappa shape index (κ3) is 5.11. The Kier molecular flexibility index (Phi) is 6.98. The smallest absolute Gasteiger partial charge is 0.227 e. The van der Waals surface area contributed by atoms with Crippen LogP contribution in [0.25, 0.3) is 0 Å². The molecule has 0 saturated carbocycles. The fraction of sp³-hybridized carbons (Fsp3) is 0.692. The summed E-state index contributed by atoms with van der Waals surface area (Å²) >= 11 is 0. The van der Waals surface area contributed by atoms with Crippen LogP contribution in [0.15, 0.2) is 12.3 Å². The summed E-state index contributed by atoms with van der Waals surface area (Å²) in [6.07, 6.45) is 2.13. The number of hydrogen-bond acceptors (Lipinski definition) is 4. The number of hydrogen-bond donors (Lipinski definition) is 2. The van der Waals surface area contributed by atoms with E-state index in [9.17, 15) is 4.79 Å². The molecule has 2 rings (SSSR count). The lowest BCUT2D eigenvalue weighted by molar-refractivity contribution is -0.117. The lowest BCUT2D eigenvalue weighted by Crippen LogP contribution is -2.43. The molecule has 2 N–H and O–H groups in total. The monoisotopic (exact) mass is 302 g/mol. The van der Waals surface area contributed by atoms with Gasteiger partial charge in [-0.25, -0.2) is 4.68 Å². The van der Waals surface area contributed by atoms with Gasteiger partial charge >= 0.3 is 0 Å². The number of nitrogens with one attached hydrogen (secondary N) is 2. The zero-order valence-corrected chi connectivity index (χ0v) is 12.8. The molecule has 1 aliphatic heterocycles. The zero-order chi connectivity index (χ0) is 13.7. The molecule has 6 nitrogen and oxygen atoms in total. The van der Waals surface area contributed by atoms with E-state index in [4.69, 9.17) is 4.74 Å². The maximum absolute atomic E-state index is 12.0. The molecule has 0 aromatic carbocycles. The van der Waals surface area contributed by atoms with E-state index in [2.05, 4.69) is 29.6 Å². The molecule has 7 heteroatoms. The number of amides is 1. The molecule has 1 aromatic heterocycles. The third-order valence-corrected chi connectivity index (χ3v) is 2.95. The number of halogens is 1. The van der Waals surface area contributed by atoms with Crippen molar-refractivity contribution in [1.29, 1.82) is 0 Å². The number of carbonyl (C=O) groups excluding carboxylic acids is 1. The van der Waals surface area contributed by atoms with Gasteiger partial charge in [-0.1, -0.05) is 13.8 Å². The van der Waals surface area contributed by atoms with Gasteiger partial charge < -0.3 is 15.4 Å². The van der Waals surface area contributed by atoms with Gasteiger partial charge in [-0.15, -0.1) is 12.4 Å². The van der Waals surface area contributed by atoms with E-state index in [-0.39, 0.29) is 24.4 Å². The molecule has 0 radical (unpaired) electrons. The van der Waals surface area contributed by atoms with Gasteiger partial charge in [-0.3, -0.25) is 4.79 Å². The Labute approximate surface area is 125 Å². The first kappa shape index (κ1) is 16.9. The van der Waals surface area contributed by atoms with Crippen molar-refractivity contribution in [2.45, 2.75) is 32.9 Å². The van der Waals surface area contributed by atoms with E-state index in [0.717, 1.165) is 25.5 Å². The van der Waals surface area contributed by atoms with Crippen LogP contribution in [-0.2, 0) is 16.1 Å². The van der Waals surface area contributed by atoms with Gasteiger partial charge in [0.05, 0.1) is 19.4 Å². The van der Waals surface area contributed by atoms with E-state index < -0.39 is 0 Å². The van der Waals surface area contributed by atoms with Crippen LogP contribution in [0, 0.1) is 5.92 Å². The Bertz CT molecular complexity index is 416. The van der Waals surface area contributed by atoms with Crippen LogP contribution < -0.4 is 10.6 Å². The Hall–Kier alpha value is -1.11. The fourth-order valence-corrected chi connectivity index (χ4v) is 2.10. The molecule has 0 spiro atoms. The van der Waals surface area contributed by atoms with Crippen LogP contribution in [0.2, 0.25) is 0 Å². The Morgan fingerprint density at radius 1 is 1.65 bits per heavy atom. The van der Waals surface area contributed by atoms with Gasteiger partial charge in [0.1, 0.15) is 5.82 Å². The Morgan fingerprint density at radius 3 is 3.10 bits per heavy atom. The lowest BCUT2D eigenvalue weighted by atomic mass is 10.2. The first-order chi connectivity index (χ1) is 9.15. The first-order valence-corrected chi connectivity index (χ1v) is 6.78. The third-order valence-electron chi connectivity index (χ3n) is 2.95. The standard InChI is InChI=1S/C13H22N4O2.ClH/c1-10(2)8-17-12(3-4-15-17)16-13(18)7-11-9-19-6-5-14-11;/h3-4,10-11,14H,5-9H2,1-2H3,(H,16,18);1H. The summed E-state index contributed by atoms with van der Waals surface area (Å²) in [5.41, 5.74) is 0. The molecule has 0 bridgehead atoms. The van der Waals surface area contributed by atoms with Gasteiger partial charge in [0, 0.05) is 31.6 Å². The molecule has 1 fully saturated rings. The van der Waals surface area contributed by atoms with Gasteiger partial charge in [0.15, 0.2) is 0 Å². The van der Waals surface area contributed by atoms with E-state index >= 15 is 0 Å². The minimum atomic E-state index is -0.00601. The van der Waals surface area contributed by atoms with Crippen molar-refractivity contribution in [1.82, 2.24) is 15.1 Å². The van der Waals surface area contributed by atoms with Crippen LogP contribution in [0.3, 0.4) is 0 Å². The van der Waals surface area contributed by atoms with E-state index in [1.807, 2.05) is 10.7 Å². The average Bonchev–Trinajstić information content (AvgIpc) is 2.77. The van der Waals surface area contributed by atoms with Crippen LogP contribution in [0.4, 0.5) is 5.82 Å². The minimum absolute atomic E-state index is 0. The number of carbonyl (C=O) groups is 1. The summed E-state index contributed by atoms with van der Waals surface area (Å²) in [6.45, 7) is 7.17. The molecule has 1 unspecified atom stereocenters. The van der Waals surface area contributed by atoms with Crippen LogP contribution >= 0.6 is 12.4 Å². The summed E-state index contributed by atoms with van der Waals surface area (Å²) in [6, 6.07) is 1.93. The van der Waals surface area contributed by atoms with Crippen molar-refractivity contribution in [2.75, 3.05) is 25.1 Å². The highest BCUT2D eigenvalue weighted by Gasteiger charge is 2.17. The predicted octanol–water partition coefficient (Wildman–Crippen LogP) is 1.28. The van der Waals surface area contributed by atoms with Crippen LogP contribution in [0.5, 0.6) is 0 Å². The molecule has 20 heavy (non-hydrogen) atoms. The minimum Gasteiger partial charge on any atom is -0.378 e. The Morgan fingerprint density at radius 2 is 2.45 bits per heavy atom. The second-order valence-corrected chi connectivity index (χ2v) is 5.27. The number of anilines is 1. The summed E-state index contributed by atoms with van der Waals surface area (Å²) in [4.78, 5) is 12.0. The maximum atomic E-state index is 12.0. The van der Waals surface area contributed by atoms with Crippen molar-refractivity contribution >= 4 is 24.1 Å². The summed E-state index contributed by atoms with van der Waals surface area (Å²) in [5.74, 6) is 1.24. The average molecular weight is 303 g/mol. The highest BCUT2D eigenvalue weighted by Crippen LogP contribution is 2.10. The van der Waals surface area contributed by atoms with Gasteiger partial charge in [0.25, 0.3) is 0 Å². The fourth-order valence-electron chi connectivity index (χ4n) is 2.10. The number of aromatic nitrogens is 2. The Balaban J connectivity index is 0.00000200. The summed E-state index contributed by atoms with van der Waals surface area (Å²) in [5, 5.41) is 10.4. The van der Waals surface area contributed by atoms with Crippen LogP contribution in [-0.4, -0.2) is 41.5 Å². The van der Waals surface area contributed by atoms with Crippen molar-refractivity contribution in [3.05, 3.63) is 12.3 Å². The maximum Gasteiger partial charge on any atom is 0.227 e. The lowest BCUT2D eigenvalue weighted by Gasteiger charge is -2.23. The first-order valence-electron chi connectivity index (χ1n) is 6.78. The summed E-state index contributed by atoms with van der Waals surface area (Å²) in [7, 11) is 0. The largest absolute Gasteiger partial charge is 0.378 e. The van der Waals surface area contributed by atoms with Crippen LogP contribution in [0.1, 0.15) is 20.3 Å². The molecular weight excluding hydrogens is 280 g/mol. The molecule has 1 aromatic rings. The van der Waals surface area contributed by atoms with Crippen molar-refractivity contribution in [3.63, 3.8) is 0 Å². The SMILES string of the molecule is CC(C)Cn1nccc1NC(=O)CC1COCCN1.Cl. The molecule has 1 aliphatic rings. The summed E-state index contributed by atoms with van der Waals surface area (Å²) < 4.78 is 7.16. The number of rotatable bonds is 5. The second kappa shape index (κ2) is 8.24. The number of morpholine rings is 1. The molecule has 114 valence electrons. The quantitative estimate of drug-likeness (QED) is 0.860. The second-order valence-electron chi connectivity index (χ2n) is 5.27. The molecule has 1 atom stereocenters. The van der Waals surface area contributed by atoms with E-state index in [1.54, 1.807) is 6.20 Å². The van der Waals surface area contributed by atoms with Crippen molar-refractivity contribution in [2.24, 2.45) is 5.92 Å². The van der Waals surface area contributed by atoms with Crippen molar-refractivity contribution < 1.29 is 9.53 Å². The number of ether oxygens (including phenoxy) is 1. The molecule has 2 heterocycles. The van der Waals surface area contributed by atoms with Gasteiger partial charge in [-0.05, 0) is 5.92 Å². The zero-order valence-electron chi connectivity index (χ0n) is 12.0. The van der Waals surface area contributed by atoms with Gasteiger partial charge in [0.2, 0.25) is 5.91 Å². The molecule has 1 amide bonds. The molecular formula is C13H23ClN4O2. The van der Waals surface area contributed by atoms with E-state index in [1.165, 1.54) is 0 Å². The van der Waals surface area contributed by atoms with E-state index in [0.29, 0.717) is 18.9 Å². The molecule has 1 saturated heterocycles.